The number of fused-ring (bicyclic) bond motifs is 1. The van der Waals surface area contributed by atoms with E-state index in [-0.39, 0.29) is 18.0 Å². The van der Waals surface area contributed by atoms with Gasteiger partial charge in [-0.25, -0.2) is 9.78 Å². The van der Waals surface area contributed by atoms with Crippen LogP contribution in [0.5, 0.6) is 0 Å². The fraction of sp³-hybridized carbons (Fsp3) is 0.294. The summed E-state index contributed by atoms with van der Waals surface area (Å²) in [6, 6.07) is 6.07. The van der Waals surface area contributed by atoms with Crippen molar-refractivity contribution in [1.29, 1.82) is 0 Å². The number of hydrogen-bond donors (Lipinski definition) is 1. The number of benzene rings is 1. The Hall–Kier alpha value is -2.96. The molecule has 124 valence electrons. The van der Waals surface area contributed by atoms with Gasteiger partial charge in [0, 0.05) is 5.69 Å². The monoisotopic (exact) mass is 326 g/mol. The molecule has 0 amide bonds. The van der Waals surface area contributed by atoms with Crippen molar-refractivity contribution >= 4 is 28.6 Å². The number of nitrogens with zero attached hydrogens (tertiary/aromatic N) is 3. The molecule has 1 N–H and O–H groups in total. The highest BCUT2D eigenvalue weighted by Crippen LogP contribution is 2.28. The summed E-state index contributed by atoms with van der Waals surface area (Å²) < 4.78 is 10.2. The minimum absolute atomic E-state index is 0.0683. The van der Waals surface area contributed by atoms with Crippen molar-refractivity contribution in [3.63, 3.8) is 0 Å². The molecule has 1 aromatic carbocycles. The lowest BCUT2D eigenvalue weighted by molar-refractivity contribution is 0.0517. The first kappa shape index (κ1) is 15.9. The molecule has 0 radical (unpaired) electrons. The van der Waals surface area contributed by atoms with Crippen LogP contribution in [0.4, 0.5) is 11.5 Å². The molecule has 0 bridgehead atoms. The van der Waals surface area contributed by atoms with E-state index in [1.807, 2.05) is 26.0 Å². The summed E-state index contributed by atoms with van der Waals surface area (Å²) in [5.41, 5.74) is 3.42. The van der Waals surface area contributed by atoms with Crippen LogP contribution >= 0.6 is 0 Å². The van der Waals surface area contributed by atoms with Gasteiger partial charge < -0.3 is 14.6 Å². The third-order valence-corrected chi connectivity index (χ3v) is 3.40. The number of ether oxygens (including phenoxy) is 1. The minimum atomic E-state index is -0.563. The zero-order valence-corrected chi connectivity index (χ0v) is 14.0. The Morgan fingerprint density at radius 1 is 1.17 bits per heavy atom. The van der Waals surface area contributed by atoms with E-state index in [1.54, 1.807) is 13.8 Å². The fourth-order valence-electron chi connectivity index (χ4n) is 2.57. The van der Waals surface area contributed by atoms with Gasteiger partial charge in [0.25, 0.3) is 5.71 Å². The molecule has 0 saturated carbocycles. The van der Waals surface area contributed by atoms with Crippen molar-refractivity contribution in [3.8, 4) is 0 Å². The summed E-state index contributed by atoms with van der Waals surface area (Å²) >= 11 is 0. The second-order valence-electron chi connectivity index (χ2n) is 5.55. The van der Waals surface area contributed by atoms with Crippen LogP contribution in [0.25, 0.3) is 11.1 Å². The quantitative estimate of drug-likeness (QED) is 0.734. The Bertz CT molecular complexity index is 897. The molecule has 0 aliphatic heterocycles. The minimum Gasteiger partial charge on any atom is -0.461 e. The highest BCUT2D eigenvalue weighted by Gasteiger charge is 2.23. The molecule has 2 aromatic heterocycles. The molecule has 7 heteroatoms. The van der Waals surface area contributed by atoms with E-state index in [0.717, 1.165) is 16.8 Å². The number of rotatable bonds is 4. The largest absolute Gasteiger partial charge is 0.461 e. The number of aromatic nitrogens is 3. The van der Waals surface area contributed by atoms with Gasteiger partial charge in [0.15, 0.2) is 0 Å². The molecule has 0 saturated heterocycles. The lowest BCUT2D eigenvalue weighted by Gasteiger charge is -2.09. The Labute approximate surface area is 139 Å². The van der Waals surface area contributed by atoms with Gasteiger partial charge in [0.2, 0.25) is 5.69 Å². The molecule has 0 unspecified atom stereocenters. The maximum absolute atomic E-state index is 12.1. The topological polar surface area (TPSA) is 90.1 Å². The maximum Gasteiger partial charge on any atom is 0.361 e. The molecular weight excluding hydrogens is 308 g/mol. The molecule has 0 spiro atoms. The number of aryl methyl sites for hydroxylation is 3. The molecule has 2 heterocycles. The second-order valence-corrected chi connectivity index (χ2v) is 5.55. The fourth-order valence-corrected chi connectivity index (χ4v) is 2.57. The van der Waals surface area contributed by atoms with Crippen LogP contribution in [-0.2, 0) is 4.74 Å². The van der Waals surface area contributed by atoms with E-state index in [0.29, 0.717) is 17.0 Å². The lowest BCUT2D eigenvalue weighted by atomic mass is 10.1. The van der Waals surface area contributed by atoms with Crippen molar-refractivity contribution in [2.75, 3.05) is 11.9 Å². The smallest absolute Gasteiger partial charge is 0.361 e. The number of hydrogen-bond acceptors (Lipinski definition) is 7. The van der Waals surface area contributed by atoms with Gasteiger partial charge in [-0.3, -0.25) is 0 Å². The summed E-state index contributed by atoms with van der Waals surface area (Å²) in [6.07, 6.45) is 0. The van der Waals surface area contributed by atoms with Crippen LogP contribution in [0.15, 0.2) is 22.7 Å². The molecule has 0 fully saturated rings. The average Bonchev–Trinajstić information content (AvgIpc) is 2.90. The Balaban J connectivity index is 2.11. The summed E-state index contributed by atoms with van der Waals surface area (Å²) in [5.74, 6) is 0.417. The van der Waals surface area contributed by atoms with E-state index in [4.69, 9.17) is 9.26 Å². The number of esters is 1. The lowest BCUT2D eigenvalue weighted by Crippen LogP contribution is -2.07. The van der Waals surface area contributed by atoms with Gasteiger partial charge in [0.1, 0.15) is 17.0 Å². The molecule has 7 nitrogen and oxygen atoms in total. The second kappa shape index (κ2) is 6.27. The van der Waals surface area contributed by atoms with Crippen LogP contribution in [0.1, 0.15) is 34.4 Å². The van der Waals surface area contributed by atoms with Crippen molar-refractivity contribution < 1.29 is 14.1 Å². The van der Waals surface area contributed by atoms with Crippen molar-refractivity contribution in [2.45, 2.75) is 27.7 Å². The summed E-state index contributed by atoms with van der Waals surface area (Å²) in [7, 11) is 0. The first-order valence-electron chi connectivity index (χ1n) is 7.64. The zero-order valence-electron chi connectivity index (χ0n) is 14.0. The molecule has 0 atom stereocenters. The number of carbonyl (C=O) groups is 1. The standard InChI is InChI=1S/C17H18N4O3/c1-5-23-17(22)14-13-15(18-11(4)19-16(13)24-21-14)20-12-7-9(2)6-10(3)8-12/h6-8H,5H2,1-4H3,(H,18,19,20). The third kappa shape index (κ3) is 3.05. The van der Waals surface area contributed by atoms with Gasteiger partial charge in [-0.05, 0) is 51.0 Å². The van der Waals surface area contributed by atoms with Gasteiger partial charge in [0.05, 0.1) is 6.61 Å². The Kier molecular flexibility index (Phi) is 4.16. The number of nitrogens with one attached hydrogen (secondary N) is 1. The predicted molar refractivity (Wildman–Crippen MR) is 89.5 cm³/mol. The number of carbonyl (C=O) groups excluding carboxylic acids is 1. The zero-order chi connectivity index (χ0) is 17.3. The van der Waals surface area contributed by atoms with Gasteiger partial charge in [-0.2, -0.15) is 4.98 Å². The normalized spacial score (nSPS) is 10.8. The molecule has 0 aliphatic carbocycles. The Morgan fingerprint density at radius 2 is 1.88 bits per heavy atom. The van der Waals surface area contributed by atoms with Gasteiger partial charge in [-0.1, -0.05) is 11.2 Å². The van der Waals surface area contributed by atoms with Crippen molar-refractivity contribution in [3.05, 3.63) is 40.8 Å². The molecule has 0 aliphatic rings. The van der Waals surface area contributed by atoms with Gasteiger partial charge in [-0.15, -0.1) is 0 Å². The molecule has 3 aromatic rings. The summed E-state index contributed by atoms with van der Waals surface area (Å²) in [6.45, 7) is 7.76. The Morgan fingerprint density at radius 3 is 2.54 bits per heavy atom. The number of anilines is 2. The summed E-state index contributed by atoms with van der Waals surface area (Å²) in [4.78, 5) is 20.7. The molecule has 3 rings (SSSR count). The first-order chi connectivity index (χ1) is 11.5. The van der Waals surface area contributed by atoms with Crippen molar-refractivity contribution in [1.82, 2.24) is 15.1 Å². The van der Waals surface area contributed by atoms with Crippen LogP contribution in [0.3, 0.4) is 0 Å². The van der Waals surface area contributed by atoms with Crippen LogP contribution in [-0.4, -0.2) is 27.7 Å². The average molecular weight is 326 g/mol. The van der Waals surface area contributed by atoms with E-state index in [2.05, 4.69) is 26.5 Å². The first-order valence-corrected chi connectivity index (χ1v) is 7.64. The predicted octanol–water partition coefficient (Wildman–Crippen LogP) is 3.46. The van der Waals surface area contributed by atoms with Crippen LogP contribution < -0.4 is 5.32 Å². The van der Waals surface area contributed by atoms with Crippen LogP contribution in [0.2, 0.25) is 0 Å². The molecular formula is C17H18N4O3. The van der Waals surface area contributed by atoms with Gasteiger partial charge >= 0.3 is 5.97 Å². The highest BCUT2D eigenvalue weighted by molar-refractivity contribution is 6.05. The third-order valence-electron chi connectivity index (χ3n) is 3.40. The summed E-state index contributed by atoms with van der Waals surface area (Å²) in [5, 5.41) is 7.45. The van der Waals surface area contributed by atoms with Crippen LogP contribution in [0, 0.1) is 20.8 Å². The van der Waals surface area contributed by atoms with E-state index >= 15 is 0 Å². The van der Waals surface area contributed by atoms with Crippen molar-refractivity contribution in [2.24, 2.45) is 0 Å². The maximum atomic E-state index is 12.1. The SMILES string of the molecule is CCOC(=O)c1noc2nc(C)nc(Nc3cc(C)cc(C)c3)c12. The van der Waals surface area contributed by atoms with E-state index in [1.165, 1.54) is 0 Å². The molecule has 24 heavy (non-hydrogen) atoms. The van der Waals surface area contributed by atoms with E-state index in [9.17, 15) is 4.79 Å². The van der Waals surface area contributed by atoms with E-state index < -0.39 is 5.97 Å². The highest BCUT2D eigenvalue weighted by atomic mass is 16.5.